The molecule has 1 fully saturated rings. The van der Waals surface area contributed by atoms with Gasteiger partial charge in [0, 0.05) is 5.56 Å². The van der Waals surface area contributed by atoms with Crippen LogP contribution in [0.5, 0.6) is 0 Å². The lowest BCUT2D eigenvalue weighted by Crippen LogP contribution is -2.19. The summed E-state index contributed by atoms with van der Waals surface area (Å²) in [4.78, 5) is 11.2. The summed E-state index contributed by atoms with van der Waals surface area (Å²) in [6.45, 7) is 0. The third kappa shape index (κ3) is 2.71. The molecule has 1 saturated heterocycles. The van der Waals surface area contributed by atoms with Crippen LogP contribution in [0.1, 0.15) is 5.56 Å². The molecule has 3 aromatic carbocycles. The molecule has 1 aliphatic rings. The number of amidine groups is 1. The van der Waals surface area contributed by atoms with E-state index in [-0.39, 0.29) is 5.91 Å². The first kappa shape index (κ1) is 14.0. The number of thioether (sulfide) groups is 1. The van der Waals surface area contributed by atoms with E-state index in [0.29, 0.717) is 10.9 Å². The lowest BCUT2D eigenvalue weighted by Gasteiger charge is -2.07. The minimum Gasteiger partial charge on any atom is -0.303 e. The van der Waals surface area contributed by atoms with E-state index in [9.17, 15) is 4.79 Å². The molecule has 0 spiro atoms. The Hall–Kier alpha value is -2.66. The van der Waals surface area contributed by atoms with Gasteiger partial charge in [0.1, 0.15) is 0 Å². The van der Waals surface area contributed by atoms with E-state index in [1.165, 1.54) is 22.5 Å². The Balaban J connectivity index is 1.84. The summed E-state index contributed by atoms with van der Waals surface area (Å²) in [5, 5.41) is 16.1. The molecule has 4 rings (SSSR count). The molecule has 0 aromatic heterocycles. The summed E-state index contributed by atoms with van der Waals surface area (Å²) < 4.78 is 0. The van der Waals surface area contributed by atoms with Gasteiger partial charge in [0.25, 0.3) is 0 Å². The van der Waals surface area contributed by atoms with Crippen molar-refractivity contribution < 1.29 is 4.79 Å². The molecule has 1 N–H and O–H groups in total. The molecular formula is C18H13N3OS. The Bertz CT molecular complexity index is 924. The number of hydrogen-bond donors (Lipinski definition) is 1. The zero-order chi connectivity index (χ0) is 15.6. The number of fused-ring (bicyclic) bond motifs is 2. The van der Waals surface area contributed by atoms with Gasteiger partial charge < -0.3 is 5.32 Å². The van der Waals surface area contributed by atoms with Crippen LogP contribution in [0.3, 0.4) is 0 Å². The van der Waals surface area contributed by atoms with Crippen molar-refractivity contribution in [3.8, 4) is 0 Å². The van der Waals surface area contributed by atoms with Crippen molar-refractivity contribution in [1.82, 2.24) is 5.32 Å². The van der Waals surface area contributed by atoms with Gasteiger partial charge in [-0.2, -0.15) is 5.10 Å². The van der Waals surface area contributed by atoms with Gasteiger partial charge in [-0.1, -0.05) is 60.3 Å². The van der Waals surface area contributed by atoms with E-state index in [4.69, 9.17) is 0 Å². The van der Waals surface area contributed by atoms with Gasteiger partial charge in [-0.15, -0.1) is 5.10 Å². The highest BCUT2D eigenvalue weighted by molar-refractivity contribution is 8.15. The Labute approximate surface area is 137 Å². The second kappa shape index (κ2) is 5.85. The van der Waals surface area contributed by atoms with Crippen molar-refractivity contribution in [2.24, 2.45) is 10.2 Å². The fourth-order valence-corrected chi connectivity index (χ4v) is 3.34. The zero-order valence-electron chi connectivity index (χ0n) is 12.2. The van der Waals surface area contributed by atoms with E-state index in [2.05, 4.69) is 45.9 Å². The predicted octanol–water partition coefficient (Wildman–Crippen LogP) is 3.55. The highest BCUT2D eigenvalue weighted by atomic mass is 32.2. The number of nitrogens with zero attached hydrogens (tertiary/aromatic N) is 2. The number of rotatable bonds is 2. The maximum Gasteiger partial charge on any atom is 0.236 e. The molecular weight excluding hydrogens is 306 g/mol. The molecule has 0 radical (unpaired) electrons. The summed E-state index contributed by atoms with van der Waals surface area (Å²) in [5.41, 5.74) is 1.04. The van der Waals surface area contributed by atoms with Gasteiger partial charge in [-0.05, 0) is 27.6 Å². The van der Waals surface area contributed by atoms with E-state index in [0.717, 1.165) is 16.3 Å². The number of hydrogen-bond acceptors (Lipinski definition) is 4. The molecule has 4 nitrogen and oxygen atoms in total. The lowest BCUT2D eigenvalue weighted by atomic mass is 9.97. The lowest BCUT2D eigenvalue weighted by molar-refractivity contribution is -0.116. The van der Waals surface area contributed by atoms with Crippen LogP contribution < -0.4 is 5.32 Å². The molecule has 23 heavy (non-hydrogen) atoms. The van der Waals surface area contributed by atoms with Gasteiger partial charge in [0.2, 0.25) is 5.91 Å². The molecule has 0 saturated carbocycles. The molecule has 112 valence electrons. The van der Waals surface area contributed by atoms with Crippen molar-refractivity contribution in [2.75, 3.05) is 5.75 Å². The third-order valence-corrected chi connectivity index (χ3v) is 4.60. The van der Waals surface area contributed by atoms with Crippen molar-refractivity contribution in [1.29, 1.82) is 0 Å². The fraction of sp³-hybridized carbons (Fsp3) is 0.0556. The highest BCUT2D eigenvalue weighted by Crippen LogP contribution is 2.27. The monoisotopic (exact) mass is 319 g/mol. The molecule has 1 heterocycles. The fourth-order valence-electron chi connectivity index (χ4n) is 2.71. The quantitative estimate of drug-likeness (QED) is 0.446. The summed E-state index contributed by atoms with van der Waals surface area (Å²) in [6.07, 6.45) is 1.77. The van der Waals surface area contributed by atoms with E-state index in [1.54, 1.807) is 6.21 Å². The normalized spacial score (nSPS) is 16.7. The molecule has 1 amide bonds. The van der Waals surface area contributed by atoms with Crippen LogP contribution in [-0.2, 0) is 4.79 Å². The van der Waals surface area contributed by atoms with Gasteiger partial charge in [0.05, 0.1) is 12.0 Å². The van der Waals surface area contributed by atoms with Crippen LogP contribution in [-0.4, -0.2) is 23.0 Å². The van der Waals surface area contributed by atoms with E-state index < -0.39 is 0 Å². The second-order valence-corrected chi connectivity index (χ2v) is 6.18. The Morgan fingerprint density at radius 2 is 1.65 bits per heavy atom. The van der Waals surface area contributed by atoms with E-state index >= 15 is 0 Å². The maximum absolute atomic E-state index is 11.2. The van der Waals surface area contributed by atoms with Gasteiger partial charge >= 0.3 is 0 Å². The van der Waals surface area contributed by atoms with Crippen molar-refractivity contribution in [2.45, 2.75) is 0 Å². The standard InChI is InChI=1S/C18H13N3OS/c22-17-11-23-18(20-17)21-19-10-16-14-7-3-1-5-12(14)9-13-6-2-4-8-15(13)16/h1-10H,11H2,(H,20,21,22). The maximum atomic E-state index is 11.2. The Kier molecular flexibility index (Phi) is 3.55. The van der Waals surface area contributed by atoms with Crippen molar-refractivity contribution >= 4 is 50.6 Å². The van der Waals surface area contributed by atoms with Gasteiger partial charge in [-0.3, -0.25) is 4.79 Å². The molecule has 0 atom stereocenters. The average Bonchev–Trinajstić information content (AvgIpc) is 2.99. The van der Waals surface area contributed by atoms with Crippen LogP contribution in [0.4, 0.5) is 0 Å². The molecule has 0 bridgehead atoms. The SMILES string of the molecule is O=C1CS/C(=N\N=Cc2c3ccccc3cc3ccccc23)N1. The summed E-state index contributed by atoms with van der Waals surface area (Å²) in [5.74, 6) is 0.380. The summed E-state index contributed by atoms with van der Waals surface area (Å²) >= 11 is 1.37. The first-order chi connectivity index (χ1) is 11.3. The largest absolute Gasteiger partial charge is 0.303 e. The predicted molar refractivity (Wildman–Crippen MR) is 97.1 cm³/mol. The number of benzene rings is 3. The van der Waals surface area contributed by atoms with Gasteiger partial charge in [-0.25, -0.2) is 0 Å². The molecule has 5 heteroatoms. The van der Waals surface area contributed by atoms with Crippen LogP contribution in [0, 0.1) is 0 Å². The zero-order valence-corrected chi connectivity index (χ0v) is 13.0. The summed E-state index contributed by atoms with van der Waals surface area (Å²) in [7, 11) is 0. The number of nitrogens with one attached hydrogen (secondary N) is 1. The van der Waals surface area contributed by atoms with Crippen LogP contribution in [0.15, 0.2) is 64.8 Å². The van der Waals surface area contributed by atoms with Crippen LogP contribution in [0.2, 0.25) is 0 Å². The highest BCUT2D eigenvalue weighted by Gasteiger charge is 2.16. The Morgan fingerprint density at radius 3 is 2.26 bits per heavy atom. The first-order valence-corrected chi connectivity index (χ1v) is 8.24. The topological polar surface area (TPSA) is 53.8 Å². The number of carbonyl (C=O) groups excluding carboxylic acids is 1. The first-order valence-electron chi connectivity index (χ1n) is 7.25. The Morgan fingerprint density at radius 1 is 1.00 bits per heavy atom. The van der Waals surface area contributed by atoms with Crippen molar-refractivity contribution in [3.05, 3.63) is 60.2 Å². The third-order valence-electron chi connectivity index (χ3n) is 3.73. The summed E-state index contributed by atoms with van der Waals surface area (Å²) in [6, 6.07) is 18.6. The van der Waals surface area contributed by atoms with Crippen LogP contribution >= 0.6 is 11.8 Å². The molecule has 0 unspecified atom stereocenters. The minimum atomic E-state index is -0.0282. The average molecular weight is 319 g/mol. The number of carbonyl (C=O) groups is 1. The molecule has 1 aliphatic heterocycles. The van der Waals surface area contributed by atoms with E-state index in [1.807, 2.05) is 24.3 Å². The smallest absolute Gasteiger partial charge is 0.236 e. The molecule has 0 aliphatic carbocycles. The van der Waals surface area contributed by atoms with Crippen molar-refractivity contribution in [3.63, 3.8) is 0 Å². The van der Waals surface area contributed by atoms with Gasteiger partial charge in [0.15, 0.2) is 5.17 Å². The number of amides is 1. The van der Waals surface area contributed by atoms with Crippen LogP contribution in [0.25, 0.3) is 21.5 Å². The second-order valence-electron chi connectivity index (χ2n) is 5.22. The molecule has 3 aromatic rings. The minimum absolute atomic E-state index is 0.0282.